The maximum absolute atomic E-state index is 12.6. The number of aryl methyl sites for hydroxylation is 1. The van der Waals surface area contributed by atoms with Gasteiger partial charge in [-0.1, -0.05) is 6.07 Å². The van der Waals surface area contributed by atoms with E-state index >= 15 is 0 Å². The number of benzene rings is 1. The number of ether oxygens (including phenoxy) is 2. The summed E-state index contributed by atoms with van der Waals surface area (Å²) < 4.78 is 16.3. The van der Waals surface area contributed by atoms with Crippen molar-refractivity contribution in [3.05, 3.63) is 29.8 Å². The maximum atomic E-state index is 12.6. The van der Waals surface area contributed by atoms with Crippen LogP contribution >= 0.6 is 0 Å². The van der Waals surface area contributed by atoms with Gasteiger partial charge in [0.05, 0.1) is 5.69 Å². The van der Waals surface area contributed by atoms with E-state index in [1.807, 2.05) is 17.0 Å². The van der Waals surface area contributed by atoms with Crippen LogP contribution in [-0.2, 0) is 4.79 Å². The second kappa shape index (κ2) is 6.59. The van der Waals surface area contributed by atoms with Crippen molar-refractivity contribution in [1.29, 1.82) is 5.26 Å². The fraction of sp³-hybridized carbons (Fsp3) is 0.389. The number of piperidine rings is 1. The highest BCUT2D eigenvalue weighted by Crippen LogP contribution is 2.39. The van der Waals surface area contributed by atoms with Crippen LogP contribution in [0.3, 0.4) is 0 Å². The molecule has 0 unspecified atom stereocenters. The number of oxazole rings is 1. The van der Waals surface area contributed by atoms with Gasteiger partial charge in [0.25, 0.3) is 0 Å². The summed E-state index contributed by atoms with van der Waals surface area (Å²) in [7, 11) is 0. The summed E-state index contributed by atoms with van der Waals surface area (Å²) in [6.07, 6.45) is 1.34. The van der Waals surface area contributed by atoms with Crippen LogP contribution in [0.25, 0.3) is 0 Å². The number of nitriles is 1. The van der Waals surface area contributed by atoms with Crippen LogP contribution in [0.2, 0.25) is 0 Å². The fourth-order valence-electron chi connectivity index (χ4n) is 3.31. The molecule has 0 radical (unpaired) electrons. The lowest BCUT2D eigenvalue weighted by Crippen LogP contribution is -2.38. The first-order valence-electron chi connectivity index (χ1n) is 8.47. The lowest BCUT2D eigenvalue weighted by atomic mass is 9.95. The quantitative estimate of drug-likeness (QED) is 0.903. The fourth-order valence-corrected chi connectivity index (χ4v) is 3.31. The molecule has 8 heteroatoms. The molecule has 4 rings (SSSR count). The lowest BCUT2D eigenvalue weighted by molar-refractivity contribution is -0.120. The molecule has 1 fully saturated rings. The van der Waals surface area contributed by atoms with E-state index < -0.39 is 0 Å². The Hall–Kier alpha value is -3.21. The van der Waals surface area contributed by atoms with E-state index in [1.165, 1.54) is 0 Å². The average Bonchev–Trinajstić information content (AvgIpc) is 3.28. The highest BCUT2D eigenvalue weighted by Gasteiger charge is 2.29. The third-order valence-electron chi connectivity index (χ3n) is 4.63. The number of rotatable bonds is 3. The largest absolute Gasteiger partial charge is 0.454 e. The first-order valence-corrected chi connectivity index (χ1v) is 8.47. The number of hydrogen-bond donors (Lipinski definition) is 1. The van der Waals surface area contributed by atoms with E-state index in [0.717, 1.165) is 0 Å². The van der Waals surface area contributed by atoms with E-state index in [4.69, 9.17) is 19.2 Å². The molecule has 0 saturated carbocycles. The Kier molecular flexibility index (Phi) is 4.13. The molecule has 8 nitrogen and oxygen atoms in total. The number of para-hydroxylation sites is 1. The Morgan fingerprint density at radius 1 is 1.35 bits per heavy atom. The molecule has 0 atom stereocenters. The number of carbonyl (C=O) groups excluding carboxylic acids is 1. The number of hydrogen-bond acceptors (Lipinski definition) is 7. The summed E-state index contributed by atoms with van der Waals surface area (Å²) in [5.41, 5.74) is 0.924. The van der Waals surface area contributed by atoms with Crippen LogP contribution < -0.4 is 19.7 Å². The van der Waals surface area contributed by atoms with Gasteiger partial charge in [0.2, 0.25) is 24.3 Å². The number of nitrogens with zero attached hydrogens (tertiary/aromatic N) is 3. The third-order valence-corrected chi connectivity index (χ3v) is 4.63. The minimum absolute atomic E-state index is 0.0391. The smallest absolute Gasteiger partial charge is 0.234 e. The molecular weight excluding hydrogens is 336 g/mol. The molecule has 1 N–H and O–H groups in total. The average molecular weight is 354 g/mol. The minimum Gasteiger partial charge on any atom is -0.454 e. The van der Waals surface area contributed by atoms with Gasteiger partial charge >= 0.3 is 0 Å². The van der Waals surface area contributed by atoms with Crippen LogP contribution in [0.4, 0.5) is 11.6 Å². The molecule has 2 aliphatic rings. The van der Waals surface area contributed by atoms with E-state index in [1.54, 1.807) is 13.0 Å². The molecule has 0 bridgehead atoms. The molecule has 1 amide bonds. The van der Waals surface area contributed by atoms with Crippen LogP contribution in [0, 0.1) is 24.2 Å². The van der Waals surface area contributed by atoms with Gasteiger partial charge in [-0.05, 0) is 25.0 Å². The number of anilines is 2. The maximum Gasteiger partial charge on any atom is 0.234 e. The number of amides is 1. The highest BCUT2D eigenvalue weighted by molar-refractivity contribution is 5.94. The lowest BCUT2D eigenvalue weighted by Gasteiger charge is -2.31. The predicted molar refractivity (Wildman–Crippen MR) is 92.1 cm³/mol. The summed E-state index contributed by atoms with van der Waals surface area (Å²) in [4.78, 5) is 18.7. The van der Waals surface area contributed by atoms with Crippen molar-refractivity contribution in [3.8, 4) is 17.6 Å². The van der Waals surface area contributed by atoms with Crippen molar-refractivity contribution < 1.29 is 18.7 Å². The van der Waals surface area contributed by atoms with E-state index in [-0.39, 0.29) is 18.6 Å². The Morgan fingerprint density at radius 3 is 2.92 bits per heavy atom. The highest BCUT2D eigenvalue weighted by atomic mass is 16.7. The van der Waals surface area contributed by atoms with Gasteiger partial charge in [-0.3, -0.25) is 4.79 Å². The summed E-state index contributed by atoms with van der Waals surface area (Å²) in [6.45, 7) is 3.15. The summed E-state index contributed by atoms with van der Waals surface area (Å²) in [5.74, 6) is 2.03. The zero-order chi connectivity index (χ0) is 18.1. The Balaban J connectivity index is 1.40. The Labute approximate surface area is 150 Å². The van der Waals surface area contributed by atoms with Gasteiger partial charge < -0.3 is 24.1 Å². The van der Waals surface area contributed by atoms with Crippen molar-refractivity contribution in [2.24, 2.45) is 5.92 Å². The topological polar surface area (TPSA) is 101 Å². The zero-order valence-electron chi connectivity index (χ0n) is 14.3. The van der Waals surface area contributed by atoms with Gasteiger partial charge in [-0.2, -0.15) is 5.26 Å². The molecule has 134 valence electrons. The molecule has 26 heavy (non-hydrogen) atoms. The van der Waals surface area contributed by atoms with Crippen LogP contribution in [0.1, 0.15) is 24.4 Å². The molecule has 1 aromatic heterocycles. The second-order valence-corrected chi connectivity index (χ2v) is 6.29. The predicted octanol–water partition coefficient (Wildman–Crippen LogP) is 2.44. The minimum atomic E-state index is -0.112. The molecule has 0 aliphatic carbocycles. The zero-order valence-corrected chi connectivity index (χ0v) is 14.3. The first-order chi connectivity index (χ1) is 12.7. The third kappa shape index (κ3) is 2.92. The van der Waals surface area contributed by atoms with Gasteiger partial charge in [0.15, 0.2) is 17.4 Å². The Morgan fingerprint density at radius 2 is 2.15 bits per heavy atom. The van der Waals surface area contributed by atoms with Gasteiger partial charge in [-0.15, -0.1) is 0 Å². The van der Waals surface area contributed by atoms with Gasteiger partial charge in [0, 0.05) is 25.9 Å². The van der Waals surface area contributed by atoms with Crippen LogP contribution in [-0.4, -0.2) is 30.8 Å². The SMILES string of the molecule is Cc1nc(C#N)c(N2CCC(C(=O)Nc3cccc4c3OCO4)CC2)o1. The van der Waals surface area contributed by atoms with Crippen LogP contribution in [0.15, 0.2) is 22.6 Å². The summed E-state index contributed by atoms with van der Waals surface area (Å²) >= 11 is 0. The van der Waals surface area contributed by atoms with Crippen molar-refractivity contribution >= 4 is 17.5 Å². The summed E-state index contributed by atoms with van der Waals surface area (Å²) in [5, 5.41) is 12.1. The van der Waals surface area contributed by atoms with Gasteiger partial charge in [-0.25, -0.2) is 4.98 Å². The first kappa shape index (κ1) is 16.3. The molecular formula is C18H18N4O4. The number of fused-ring (bicyclic) bond motifs is 1. The normalized spacial score (nSPS) is 16.4. The van der Waals surface area contributed by atoms with E-state index in [2.05, 4.69) is 16.4 Å². The van der Waals surface area contributed by atoms with E-state index in [9.17, 15) is 4.79 Å². The number of carbonyl (C=O) groups is 1. The van der Waals surface area contributed by atoms with Crippen molar-refractivity contribution in [2.45, 2.75) is 19.8 Å². The summed E-state index contributed by atoms with van der Waals surface area (Å²) in [6, 6.07) is 7.48. The van der Waals surface area contributed by atoms with E-state index in [0.29, 0.717) is 60.6 Å². The van der Waals surface area contributed by atoms with Crippen molar-refractivity contribution in [3.63, 3.8) is 0 Å². The molecule has 2 aliphatic heterocycles. The number of aromatic nitrogens is 1. The van der Waals surface area contributed by atoms with Crippen molar-refractivity contribution in [1.82, 2.24) is 4.98 Å². The number of nitrogens with one attached hydrogen (secondary N) is 1. The molecule has 0 spiro atoms. The van der Waals surface area contributed by atoms with Crippen molar-refractivity contribution in [2.75, 3.05) is 30.1 Å². The molecule has 2 aromatic rings. The standard InChI is InChI=1S/C18H18N4O4/c1-11-20-14(9-19)18(26-11)22-7-5-12(6-8-22)17(23)21-13-3-2-4-15-16(13)25-10-24-15/h2-4,12H,5-8,10H2,1H3,(H,21,23). The van der Waals surface area contributed by atoms with Gasteiger partial charge in [0.1, 0.15) is 6.07 Å². The van der Waals surface area contributed by atoms with Crippen LogP contribution in [0.5, 0.6) is 11.5 Å². The molecule has 1 saturated heterocycles. The second-order valence-electron chi connectivity index (χ2n) is 6.29. The Bertz CT molecular complexity index is 878. The molecule has 3 heterocycles. The monoisotopic (exact) mass is 354 g/mol. The molecule has 1 aromatic carbocycles.